The predicted molar refractivity (Wildman–Crippen MR) is 62.7 cm³/mol. The molecule has 0 unspecified atom stereocenters. The topological polar surface area (TPSA) is 24.7 Å². The maximum atomic E-state index is 3.69. The first kappa shape index (κ1) is 10.1. The monoisotopic (exact) mass is 184 g/mol. The van der Waals surface area contributed by atoms with E-state index >= 15 is 0 Å². The maximum absolute atomic E-state index is 3.69. The molecule has 0 fully saturated rings. The fraction of sp³-hybridized carbons (Fsp3) is 0. The quantitative estimate of drug-likeness (QED) is 0.641. The van der Waals surface area contributed by atoms with Crippen molar-refractivity contribution in [3.63, 3.8) is 0 Å². The number of benzene rings is 1. The summed E-state index contributed by atoms with van der Waals surface area (Å²) in [6.45, 7) is 7.09. The van der Waals surface area contributed by atoms with Gasteiger partial charge in [-0.2, -0.15) is 0 Å². The molecule has 2 heteroatoms. The molecule has 2 nitrogen and oxygen atoms in total. The van der Waals surface area contributed by atoms with E-state index in [0.717, 1.165) is 0 Å². The second-order valence-corrected chi connectivity index (χ2v) is 2.59. The van der Waals surface area contributed by atoms with E-state index in [0.29, 0.717) is 5.82 Å². The first-order chi connectivity index (χ1) is 6.83. The van der Waals surface area contributed by atoms with Crippen molar-refractivity contribution in [1.82, 2.24) is 0 Å². The van der Waals surface area contributed by atoms with E-state index in [4.69, 9.17) is 0 Å². The fourth-order valence-electron chi connectivity index (χ4n) is 0.861. The number of rotatable bonds is 1. The molecule has 0 bridgehead atoms. The Morgan fingerprint density at radius 1 is 1.00 bits per heavy atom. The van der Waals surface area contributed by atoms with Crippen LogP contribution in [-0.2, 0) is 0 Å². The summed E-state index contributed by atoms with van der Waals surface area (Å²) in [7, 11) is 0. The smallest absolute Gasteiger partial charge is 0.144 e. The van der Waals surface area contributed by atoms with E-state index in [1.165, 1.54) is 5.56 Å². The molecule has 0 N–H and O–H groups in total. The van der Waals surface area contributed by atoms with Crippen molar-refractivity contribution in [2.24, 2.45) is 9.98 Å². The van der Waals surface area contributed by atoms with Crippen molar-refractivity contribution < 1.29 is 0 Å². The Balaban J connectivity index is 0.000000146. The molecular formula is C12H12N2. The van der Waals surface area contributed by atoms with Crippen LogP contribution >= 0.6 is 0 Å². The summed E-state index contributed by atoms with van der Waals surface area (Å²) in [5, 5.41) is 0. The van der Waals surface area contributed by atoms with E-state index in [1.54, 1.807) is 12.4 Å². The highest BCUT2D eigenvalue weighted by Gasteiger charge is 1.83. The first-order valence-electron chi connectivity index (χ1n) is 4.26. The molecule has 1 heterocycles. The molecule has 1 aromatic rings. The van der Waals surface area contributed by atoms with Gasteiger partial charge in [0.05, 0.1) is 0 Å². The van der Waals surface area contributed by atoms with Crippen LogP contribution in [0.4, 0.5) is 0 Å². The molecule has 0 amide bonds. The number of hydrogen-bond donors (Lipinski definition) is 0. The lowest BCUT2D eigenvalue weighted by Gasteiger charge is -1.85. The Kier molecular flexibility index (Phi) is 4.08. The van der Waals surface area contributed by atoms with Crippen molar-refractivity contribution in [1.29, 1.82) is 0 Å². The molecule has 14 heavy (non-hydrogen) atoms. The van der Waals surface area contributed by atoms with Crippen LogP contribution in [0.1, 0.15) is 5.56 Å². The SMILES string of the molecule is C=C1N=CC=N1.C=Cc1ccccc1. The molecule has 0 aliphatic carbocycles. The Morgan fingerprint density at radius 2 is 1.57 bits per heavy atom. The van der Waals surface area contributed by atoms with Crippen LogP contribution in [0.15, 0.2) is 59.3 Å². The normalized spacial score (nSPS) is 12.1. The highest BCUT2D eigenvalue weighted by Crippen LogP contribution is 1.97. The standard InChI is InChI=1S/C8H8.C4H4N2/c1-2-8-6-4-3-5-7-8;1-4-5-2-3-6-4/h2-7H,1H2;2-3H,1H2. The van der Waals surface area contributed by atoms with Crippen molar-refractivity contribution in [2.75, 3.05) is 0 Å². The molecule has 0 atom stereocenters. The molecule has 1 aliphatic heterocycles. The molecule has 70 valence electrons. The second kappa shape index (κ2) is 5.65. The predicted octanol–water partition coefficient (Wildman–Crippen LogP) is 2.94. The van der Waals surface area contributed by atoms with Crippen LogP contribution in [0, 0.1) is 0 Å². The third-order valence-electron chi connectivity index (χ3n) is 1.55. The van der Waals surface area contributed by atoms with Gasteiger partial charge < -0.3 is 0 Å². The van der Waals surface area contributed by atoms with Gasteiger partial charge in [0, 0.05) is 12.4 Å². The third-order valence-corrected chi connectivity index (χ3v) is 1.55. The molecule has 0 radical (unpaired) electrons. The molecule has 0 spiro atoms. The molecular weight excluding hydrogens is 172 g/mol. The van der Waals surface area contributed by atoms with Gasteiger partial charge in [-0.05, 0) is 5.56 Å². The summed E-state index contributed by atoms with van der Waals surface area (Å²) in [6.07, 6.45) is 5.06. The fourth-order valence-corrected chi connectivity index (χ4v) is 0.861. The average Bonchev–Trinajstić information content (AvgIpc) is 2.71. The van der Waals surface area contributed by atoms with Crippen molar-refractivity contribution in [3.05, 3.63) is 54.9 Å². The summed E-state index contributed by atoms with van der Waals surface area (Å²) in [5.41, 5.74) is 1.17. The van der Waals surface area contributed by atoms with E-state index in [-0.39, 0.29) is 0 Å². The van der Waals surface area contributed by atoms with E-state index in [2.05, 4.69) is 23.1 Å². The minimum Gasteiger partial charge on any atom is -0.236 e. The highest BCUT2D eigenvalue weighted by molar-refractivity contribution is 6.18. The largest absolute Gasteiger partial charge is 0.236 e. The number of aliphatic imine (C=N–C) groups is 2. The van der Waals surface area contributed by atoms with Crippen LogP contribution in [-0.4, -0.2) is 12.4 Å². The number of hydrogen-bond acceptors (Lipinski definition) is 2. The van der Waals surface area contributed by atoms with Gasteiger partial charge in [-0.15, -0.1) is 0 Å². The lowest BCUT2D eigenvalue weighted by molar-refractivity contribution is 1.31. The summed E-state index contributed by atoms with van der Waals surface area (Å²) >= 11 is 0. The molecule has 1 aromatic carbocycles. The van der Waals surface area contributed by atoms with E-state index < -0.39 is 0 Å². The lowest BCUT2D eigenvalue weighted by atomic mass is 10.2. The van der Waals surface area contributed by atoms with E-state index in [1.807, 2.05) is 36.4 Å². The Hall–Kier alpha value is -1.96. The third kappa shape index (κ3) is 3.63. The molecule has 0 aromatic heterocycles. The Bertz CT molecular complexity index is 347. The average molecular weight is 184 g/mol. The van der Waals surface area contributed by atoms with Crippen LogP contribution < -0.4 is 0 Å². The van der Waals surface area contributed by atoms with Crippen LogP contribution in [0.25, 0.3) is 6.08 Å². The first-order valence-corrected chi connectivity index (χ1v) is 4.26. The van der Waals surface area contributed by atoms with Crippen LogP contribution in [0.5, 0.6) is 0 Å². The van der Waals surface area contributed by atoms with Gasteiger partial charge in [-0.3, -0.25) is 0 Å². The molecule has 0 saturated heterocycles. The van der Waals surface area contributed by atoms with Crippen molar-refractivity contribution in [2.45, 2.75) is 0 Å². The summed E-state index contributed by atoms with van der Waals surface area (Å²) in [6, 6.07) is 10.0. The lowest BCUT2D eigenvalue weighted by Crippen LogP contribution is -1.63. The van der Waals surface area contributed by atoms with Crippen LogP contribution in [0.2, 0.25) is 0 Å². The second-order valence-electron chi connectivity index (χ2n) is 2.59. The van der Waals surface area contributed by atoms with E-state index in [9.17, 15) is 0 Å². The summed E-state index contributed by atoms with van der Waals surface area (Å²) < 4.78 is 0. The molecule has 0 saturated carbocycles. The minimum absolute atomic E-state index is 0.593. The van der Waals surface area contributed by atoms with Gasteiger partial charge in [-0.1, -0.05) is 49.6 Å². The van der Waals surface area contributed by atoms with Gasteiger partial charge in [0.2, 0.25) is 0 Å². The summed E-state index contributed by atoms with van der Waals surface area (Å²) in [5.74, 6) is 0.593. The Labute approximate surface area is 84.0 Å². The highest BCUT2D eigenvalue weighted by atomic mass is 15.0. The summed E-state index contributed by atoms with van der Waals surface area (Å²) in [4.78, 5) is 7.39. The van der Waals surface area contributed by atoms with Gasteiger partial charge in [-0.25, -0.2) is 9.98 Å². The zero-order valence-electron chi connectivity index (χ0n) is 7.93. The van der Waals surface area contributed by atoms with Crippen molar-refractivity contribution in [3.8, 4) is 0 Å². The maximum Gasteiger partial charge on any atom is 0.144 e. The van der Waals surface area contributed by atoms with Gasteiger partial charge in [0.1, 0.15) is 5.82 Å². The van der Waals surface area contributed by atoms with Crippen LogP contribution in [0.3, 0.4) is 0 Å². The zero-order chi connectivity index (χ0) is 10.2. The minimum atomic E-state index is 0.593. The number of nitrogens with zero attached hydrogens (tertiary/aromatic N) is 2. The van der Waals surface area contributed by atoms with Crippen molar-refractivity contribution >= 4 is 18.5 Å². The van der Waals surface area contributed by atoms with Gasteiger partial charge in [0.15, 0.2) is 0 Å². The molecule has 2 rings (SSSR count). The molecule has 1 aliphatic rings. The van der Waals surface area contributed by atoms with Gasteiger partial charge in [0.25, 0.3) is 0 Å². The Morgan fingerprint density at radius 3 is 1.86 bits per heavy atom. The zero-order valence-corrected chi connectivity index (χ0v) is 7.93. The van der Waals surface area contributed by atoms with Gasteiger partial charge >= 0.3 is 0 Å².